The number of Topliss-reactive ketones (excluding diaryl/α,β-unsaturated/α-hetero) is 1. The molecule has 2 aliphatic rings. The molecule has 0 saturated heterocycles. The van der Waals surface area contributed by atoms with Crippen molar-refractivity contribution in [2.24, 2.45) is 5.73 Å². The maximum Gasteiger partial charge on any atom is 0.182 e. The minimum atomic E-state index is -0.556. The summed E-state index contributed by atoms with van der Waals surface area (Å²) in [6.07, 6.45) is 6.54. The van der Waals surface area contributed by atoms with Gasteiger partial charge < -0.3 is 5.73 Å². The molecule has 3 rings (SSSR count). The molecule has 2 nitrogen and oxygen atoms in total. The molecule has 0 unspecified atom stereocenters. The van der Waals surface area contributed by atoms with E-state index in [4.69, 9.17) is 5.73 Å². The van der Waals surface area contributed by atoms with E-state index in [9.17, 15) is 4.79 Å². The molecule has 2 aliphatic carbocycles. The molecule has 0 amide bonds. The van der Waals surface area contributed by atoms with Crippen LogP contribution in [0, 0.1) is 0 Å². The molecule has 0 aromatic heterocycles. The van der Waals surface area contributed by atoms with E-state index in [0.717, 1.165) is 24.8 Å². The summed E-state index contributed by atoms with van der Waals surface area (Å²) in [5, 5.41) is 0. The summed E-state index contributed by atoms with van der Waals surface area (Å²) in [7, 11) is 0. The lowest BCUT2D eigenvalue weighted by atomic mass is 9.70. The van der Waals surface area contributed by atoms with Gasteiger partial charge in [0.25, 0.3) is 0 Å². The minimum Gasteiger partial charge on any atom is -0.319 e. The van der Waals surface area contributed by atoms with Crippen molar-refractivity contribution in [2.75, 3.05) is 0 Å². The highest BCUT2D eigenvalue weighted by Crippen LogP contribution is 2.40. The topological polar surface area (TPSA) is 43.1 Å². The van der Waals surface area contributed by atoms with Gasteiger partial charge in [0.15, 0.2) is 5.78 Å². The van der Waals surface area contributed by atoms with E-state index >= 15 is 0 Å². The summed E-state index contributed by atoms with van der Waals surface area (Å²) in [6.45, 7) is 0. The van der Waals surface area contributed by atoms with Crippen LogP contribution in [0.5, 0.6) is 0 Å². The Bertz CT molecular complexity index is 444. The maximum absolute atomic E-state index is 12.5. The van der Waals surface area contributed by atoms with E-state index < -0.39 is 5.54 Å². The lowest BCUT2D eigenvalue weighted by Crippen LogP contribution is -2.53. The molecular formula is C15H19NO. The molecule has 0 bridgehead atoms. The zero-order chi connectivity index (χ0) is 11.9. The predicted molar refractivity (Wildman–Crippen MR) is 68.1 cm³/mol. The molecule has 0 spiro atoms. The average Bonchev–Trinajstić information content (AvgIpc) is 2.23. The van der Waals surface area contributed by atoms with Gasteiger partial charge in [-0.05, 0) is 43.6 Å². The number of carbonyl (C=O) groups excluding carboxylic acids is 1. The molecule has 1 aromatic rings. The molecule has 90 valence electrons. The lowest BCUT2D eigenvalue weighted by molar-refractivity contribution is 0.0798. The second-order valence-corrected chi connectivity index (χ2v) is 5.55. The first kappa shape index (κ1) is 11.0. The van der Waals surface area contributed by atoms with Crippen molar-refractivity contribution in [3.8, 4) is 0 Å². The van der Waals surface area contributed by atoms with Gasteiger partial charge in [-0.1, -0.05) is 30.7 Å². The summed E-state index contributed by atoms with van der Waals surface area (Å²) in [5.41, 5.74) is 7.73. The number of nitrogens with two attached hydrogens (primary N) is 1. The van der Waals surface area contributed by atoms with E-state index in [-0.39, 0.29) is 5.78 Å². The average molecular weight is 229 g/mol. The van der Waals surface area contributed by atoms with E-state index in [1.807, 2.05) is 18.2 Å². The van der Waals surface area contributed by atoms with E-state index in [0.29, 0.717) is 5.92 Å². The molecule has 0 heterocycles. The fraction of sp³-hybridized carbons (Fsp3) is 0.533. The van der Waals surface area contributed by atoms with Crippen LogP contribution in [0.2, 0.25) is 0 Å². The summed E-state index contributed by atoms with van der Waals surface area (Å²) in [6, 6.07) is 8.06. The van der Waals surface area contributed by atoms with Gasteiger partial charge in [-0.15, -0.1) is 0 Å². The number of hydrogen-bond acceptors (Lipinski definition) is 2. The third kappa shape index (κ3) is 1.71. The van der Waals surface area contributed by atoms with Gasteiger partial charge in [-0.3, -0.25) is 4.79 Å². The quantitative estimate of drug-likeness (QED) is 0.810. The number of hydrogen-bond donors (Lipinski definition) is 1. The number of rotatable bonds is 3. The molecule has 2 saturated carbocycles. The van der Waals surface area contributed by atoms with Crippen LogP contribution in [-0.4, -0.2) is 11.3 Å². The Labute approximate surface area is 102 Å². The fourth-order valence-electron chi connectivity index (χ4n) is 2.83. The Morgan fingerprint density at radius 3 is 2.41 bits per heavy atom. The van der Waals surface area contributed by atoms with Gasteiger partial charge in [-0.2, -0.15) is 0 Å². The van der Waals surface area contributed by atoms with Crippen molar-refractivity contribution in [1.82, 2.24) is 0 Å². The van der Waals surface area contributed by atoms with Gasteiger partial charge in [0.05, 0.1) is 5.54 Å². The zero-order valence-electron chi connectivity index (χ0n) is 10.1. The molecule has 2 fully saturated rings. The van der Waals surface area contributed by atoms with Crippen LogP contribution in [0.25, 0.3) is 0 Å². The van der Waals surface area contributed by atoms with Gasteiger partial charge in [0.1, 0.15) is 0 Å². The monoisotopic (exact) mass is 229 g/mol. The zero-order valence-corrected chi connectivity index (χ0v) is 10.1. The highest BCUT2D eigenvalue weighted by Gasteiger charge is 2.41. The Balaban J connectivity index is 1.93. The van der Waals surface area contributed by atoms with Gasteiger partial charge in [0, 0.05) is 5.56 Å². The summed E-state index contributed by atoms with van der Waals surface area (Å²) in [4.78, 5) is 12.5. The SMILES string of the molecule is NC1(C(=O)c2ccccc2C2CCC2)CCC1. The molecule has 2 heteroatoms. The van der Waals surface area contributed by atoms with Crippen LogP contribution < -0.4 is 5.73 Å². The van der Waals surface area contributed by atoms with Crippen LogP contribution in [0.3, 0.4) is 0 Å². The van der Waals surface area contributed by atoms with Gasteiger partial charge in [0.2, 0.25) is 0 Å². The van der Waals surface area contributed by atoms with Crippen LogP contribution in [0.15, 0.2) is 24.3 Å². The first-order chi connectivity index (χ1) is 8.21. The Hall–Kier alpha value is -1.15. The molecule has 0 radical (unpaired) electrons. The van der Waals surface area contributed by atoms with Crippen LogP contribution in [-0.2, 0) is 0 Å². The molecule has 0 atom stereocenters. The van der Waals surface area contributed by atoms with Crippen LogP contribution >= 0.6 is 0 Å². The van der Waals surface area contributed by atoms with Gasteiger partial charge >= 0.3 is 0 Å². The smallest absolute Gasteiger partial charge is 0.182 e. The maximum atomic E-state index is 12.5. The van der Waals surface area contributed by atoms with Crippen molar-refractivity contribution >= 4 is 5.78 Å². The van der Waals surface area contributed by atoms with Crippen molar-refractivity contribution in [2.45, 2.75) is 50.0 Å². The Morgan fingerprint density at radius 2 is 1.88 bits per heavy atom. The Morgan fingerprint density at radius 1 is 1.18 bits per heavy atom. The number of ketones is 1. The van der Waals surface area contributed by atoms with Crippen molar-refractivity contribution < 1.29 is 4.79 Å². The molecular weight excluding hydrogens is 210 g/mol. The molecule has 0 aliphatic heterocycles. The first-order valence-corrected chi connectivity index (χ1v) is 6.63. The number of carbonyl (C=O) groups is 1. The lowest BCUT2D eigenvalue weighted by Gasteiger charge is -2.38. The summed E-state index contributed by atoms with van der Waals surface area (Å²) in [5.74, 6) is 0.769. The first-order valence-electron chi connectivity index (χ1n) is 6.63. The van der Waals surface area contributed by atoms with E-state index in [1.54, 1.807) is 0 Å². The molecule has 17 heavy (non-hydrogen) atoms. The van der Waals surface area contributed by atoms with Crippen LogP contribution in [0.1, 0.15) is 60.4 Å². The molecule has 1 aromatic carbocycles. The van der Waals surface area contributed by atoms with E-state index in [2.05, 4.69) is 6.07 Å². The largest absolute Gasteiger partial charge is 0.319 e. The van der Waals surface area contributed by atoms with Gasteiger partial charge in [-0.25, -0.2) is 0 Å². The summed E-state index contributed by atoms with van der Waals surface area (Å²) < 4.78 is 0. The molecule has 2 N–H and O–H groups in total. The predicted octanol–water partition coefficient (Wildman–Crippen LogP) is 3.02. The highest BCUT2D eigenvalue weighted by atomic mass is 16.1. The van der Waals surface area contributed by atoms with Crippen LogP contribution in [0.4, 0.5) is 0 Å². The second kappa shape index (κ2) is 3.95. The highest BCUT2D eigenvalue weighted by molar-refractivity contribution is 6.05. The third-order valence-electron chi connectivity index (χ3n) is 4.45. The van der Waals surface area contributed by atoms with Crippen molar-refractivity contribution in [3.05, 3.63) is 35.4 Å². The minimum absolute atomic E-state index is 0.172. The van der Waals surface area contributed by atoms with Crippen molar-refractivity contribution in [1.29, 1.82) is 0 Å². The number of benzene rings is 1. The Kier molecular flexibility index (Phi) is 2.55. The summed E-state index contributed by atoms with van der Waals surface area (Å²) >= 11 is 0. The normalized spacial score (nSPS) is 22.6. The third-order valence-corrected chi connectivity index (χ3v) is 4.45. The fourth-order valence-corrected chi connectivity index (χ4v) is 2.83. The van der Waals surface area contributed by atoms with E-state index in [1.165, 1.54) is 24.8 Å². The second-order valence-electron chi connectivity index (χ2n) is 5.55. The standard InChI is InChI=1S/C15H19NO/c16-15(9-4-10-15)14(17)13-8-2-1-7-12(13)11-5-3-6-11/h1-2,7-8,11H,3-6,9-10,16H2. The van der Waals surface area contributed by atoms with Crippen molar-refractivity contribution in [3.63, 3.8) is 0 Å².